The van der Waals surface area contributed by atoms with Gasteiger partial charge in [0.15, 0.2) is 0 Å². The first-order valence-electron chi connectivity index (χ1n) is 9.32. The third-order valence-corrected chi connectivity index (χ3v) is 4.20. The first-order valence-corrected chi connectivity index (χ1v) is 9.32. The lowest BCUT2D eigenvalue weighted by Crippen LogP contribution is -2.60. The van der Waals surface area contributed by atoms with E-state index in [1.807, 2.05) is 60.7 Å². The van der Waals surface area contributed by atoms with E-state index >= 15 is 0 Å². The summed E-state index contributed by atoms with van der Waals surface area (Å²) < 4.78 is 16.4. The van der Waals surface area contributed by atoms with Gasteiger partial charge in [0.05, 0.1) is 13.2 Å². The molecule has 6 nitrogen and oxygen atoms in total. The molecule has 2 rings (SSSR count). The molecule has 0 heterocycles. The second kappa shape index (κ2) is 10.5. The monoisotopic (exact) mass is 385 g/mol. The summed E-state index contributed by atoms with van der Waals surface area (Å²) in [5.74, 6) is -1.04. The van der Waals surface area contributed by atoms with Crippen LogP contribution in [0.25, 0.3) is 0 Å². The summed E-state index contributed by atoms with van der Waals surface area (Å²) >= 11 is 0. The Labute approximate surface area is 165 Å². The summed E-state index contributed by atoms with van der Waals surface area (Å²) in [4.78, 5) is 25.2. The maximum absolute atomic E-state index is 12.7. The minimum absolute atomic E-state index is 0.0857. The molecular weight excluding hydrogens is 358 g/mol. The van der Waals surface area contributed by atoms with Gasteiger partial charge >= 0.3 is 12.1 Å². The molecule has 28 heavy (non-hydrogen) atoms. The summed E-state index contributed by atoms with van der Waals surface area (Å²) in [6.07, 6.45) is -0.751. The number of ether oxygens (including phenoxy) is 3. The second-order valence-corrected chi connectivity index (χ2v) is 6.57. The highest BCUT2D eigenvalue weighted by Crippen LogP contribution is 2.23. The van der Waals surface area contributed by atoms with Gasteiger partial charge in [-0.25, -0.2) is 9.59 Å². The van der Waals surface area contributed by atoms with Gasteiger partial charge in [-0.2, -0.15) is 0 Å². The molecule has 1 amide bonds. The highest BCUT2D eigenvalue weighted by Gasteiger charge is 2.46. The molecule has 1 N–H and O–H groups in total. The lowest BCUT2D eigenvalue weighted by Gasteiger charge is -2.35. The molecule has 0 saturated heterocycles. The fourth-order valence-electron chi connectivity index (χ4n) is 2.61. The Morgan fingerprint density at radius 1 is 0.893 bits per heavy atom. The van der Waals surface area contributed by atoms with Gasteiger partial charge in [0.2, 0.25) is 5.72 Å². The van der Waals surface area contributed by atoms with Gasteiger partial charge in [-0.05, 0) is 18.1 Å². The molecule has 2 aromatic carbocycles. The van der Waals surface area contributed by atoms with E-state index in [2.05, 4.69) is 5.32 Å². The van der Waals surface area contributed by atoms with E-state index in [0.29, 0.717) is 0 Å². The maximum Gasteiger partial charge on any atom is 0.410 e. The zero-order chi connectivity index (χ0) is 20.4. The lowest BCUT2D eigenvalue weighted by molar-refractivity contribution is -0.187. The van der Waals surface area contributed by atoms with E-state index in [1.165, 1.54) is 0 Å². The number of hydrogen-bond donors (Lipinski definition) is 1. The molecule has 0 radical (unpaired) electrons. The zero-order valence-corrected chi connectivity index (χ0v) is 16.5. The van der Waals surface area contributed by atoms with Crippen LogP contribution in [0.1, 0.15) is 31.9 Å². The topological polar surface area (TPSA) is 73.9 Å². The van der Waals surface area contributed by atoms with Crippen molar-refractivity contribution in [1.29, 1.82) is 0 Å². The molecule has 150 valence electrons. The van der Waals surface area contributed by atoms with Crippen LogP contribution < -0.4 is 5.32 Å². The fourth-order valence-corrected chi connectivity index (χ4v) is 2.61. The minimum atomic E-state index is -1.65. The van der Waals surface area contributed by atoms with Gasteiger partial charge in [-0.15, -0.1) is 0 Å². The Bertz CT molecular complexity index is 748. The van der Waals surface area contributed by atoms with Crippen molar-refractivity contribution < 1.29 is 23.8 Å². The Kier molecular flexibility index (Phi) is 8.02. The molecule has 2 aromatic rings. The molecule has 0 fully saturated rings. The van der Waals surface area contributed by atoms with Crippen LogP contribution in [0.4, 0.5) is 4.79 Å². The van der Waals surface area contributed by atoms with Crippen LogP contribution in [-0.2, 0) is 32.2 Å². The third kappa shape index (κ3) is 5.82. The number of carbonyl (C=O) groups is 2. The summed E-state index contributed by atoms with van der Waals surface area (Å²) in [7, 11) is 0. The van der Waals surface area contributed by atoms with Gasteiger partial charge < -0.3 is 14.2 Å². The van der Waals surface area contributed by atoms with Gasteiger partial charge in [0.25, 0.3) is 0 Å². The van der Waals surface area contributed by atoms with Crippen molar-refractivity contribution in [2.45, 2.75) is 39.7 Å². The number of alkyl carbamates (subject to hydrolysis) is 1. The molecule has 0 saturated carbocycles. The summed E-state index contributed by atoms with van der Waals surface area (Å²) in [5, 5.41) is 2.60. The number of esters is 1. The highest BCUT2D eigenvalue weighted by molar-refractivity contribution is 5.84. The SMILES string of the molecule is CCOC(=O)[C@](NC(=O)OCc1ccccc1)(OCc1ccccc1)C(C)C. The van der Waals surface area contributed by atoms with Crippen LogP contribution in [-0.4, -0.2) is 24.4 Å². The summed E-state index contributed by atoms with van der Waals surface area (Å²) in [5.41, 5.74) is 0.0602. The van der Waals surface area contributed by atoms with Gasteiger partial charge in [0.1, 0.15) is 6.61 Å². The van der Waals surface area contributed by atoms with Crippen LogP contribution in [0.15, 0.2) is 60.7 Å². The molecule has 0 unspecified atom stereocenters. The smallest absolute Gasteiger partial charge is 0.410 e. The van der Waals surface area contributed by atoms with E-state index in [0.717, 1.165) is 11.1 Å². The van der Waals surface area contributed by atoms with Crippen molar-refractivity contribution in [2.24, 2.45) is 5.92 Å². The van der Waals surface area contributed by atoms with E-state index in [9.17, 15) is 9.59 Å². The summed E-state index contributed by atoms with van der Waals surface area (Å²) in [6, 6.07) is 18.7. The van der Waals surface area contributed by atoms with E-state index < -0.39 is 17.8 Å². The van der Waals surface area contributed by atoms with Crippen LogP contribution in [0.2, 0.25) is 0 Å². The number of amides is 1. The largest absolute Gasteiger partial charge is 0.462 e. The number of carbonyl (C=O) groups excluding carboxylic acids is 2. The number of benzene rings is 2. The Morgan fingerprint density at radius 2 is 1.43 bits per heavy atom. The average molecular weight is 385 g/mol. The van der Waals surface area contributed by atoms with Crippen molar-refractivity contribution in [3.8, 4) is 0 Å². The number of nitrogens with one attached hydrogen (secondary N) is 1. The molecule has 0 aliphatic rings. The van der Waals surface area contributed by atoms with Gasteiger partial charge in [-0.1, -0.05) is 74.5 Å². The fraction of sp³-hybridized carbons (Fsp3) is 0.364. The molecule has 6 heteroatoms. The third-order valence-electron chi connectivity index (χ3n) is 4.20. The van der Waals surface area contributed by atoms with Gasteiger partial charge in [0, 0.05) is 5.92 Å². The molecule has 0 bridgehead atoms. The first kappa shape index (κ1) is 21.4. The van der Waals surface area contributed by atoms with Crippen molar-refractivity contribution >= 4 is 12.1 Å². The highest BCUT2D eigenvalue weighted by atomic mass is 16.6. The number of hydrogen-bond acceptors (Lipinski definition) is 5. The molecule has 0 aliphatic heterocycles. The quantitative estimate of drug-likeness (QED) is 0.521. The number of rotatable bonds is 9. The zero-order valence-electron chi connectivity index (χ0n) is 16.5. The van der Waals surface area contributed by atoms with Crippen molar-refractivity contribution in [3.05, 3.63) is 71.8 Å². The Hall–Kier alpha value is -2.86. The summed E-state index contributed by atoms with van der Waals surface area (Å²) in [6.45, 7) is 5.65. The van der Waals surface area contributed by atoms with Gasteiger partial charge in [-0.3, -0.25) is 5.32 Å². The van der Waals surface area contributed by atoms with E-state index in [1.54, 1.807) is 20.8 Å². The van der Waals surface area contributed by atoms with Crippen LogP contribution in [0.3, 0.4) is 0 Å². The van der Waals surface area contributed by atoms with E-state index in [4.69, 9.17) is 14.2 Å². The molecule has 0 spiro atoms. The molecular formula is C22H27NO5. The van der Waals surface area contributed by atoms with Crippen LogP contribution in [0.5, 0.6) is 0 Å². The van der Waals surface area contributed by atoms with Crippen LogP contribution in [0, 0.1) is 5.92 Å². The van der Waals surface area contributed by atoms with Crippen molar-refractivity contribution in [3.63, 3.8) is 0 Å². The molecule has 0 aromatic heterocycles. The van der Waals surface area contributed by atoms with Crippen molar-refractivity contribution in [2.75, 3.05) is 6.61 Å². The standard InChI is InChI=1S/C22H27NO5/c1-4-26-20(24)22(17(2)3,28-16-19-13-9-6-10-14-19)23-21(25)27-15-18-11-7-5-8-12-18/h5-14,17H,4,15-16H2,1-3H3,(H,23,25)/t22-/m1/s1. The van der Waals surface area contributed by atoms with Crippen molar-refractivity contribution in [1.82, 2.24) is 5.32 Å². The van der Waals surface area contributed by atoms with E-state index in [-0.39, 0.29) is 25.7 Å². The first-order chi connectivity index (χ1) is 13.5. The predicted octanol–water partition coefficient (Wildman–Crippen LogP) is 4.05. The second-order valence-electron chi connectivity index (χ2n) is 6.57. The van der Waals surface area contributed by atoms with Crippen LogP contribution >= 0.6 is 0 Å². The maximum atomic E-state index is 12.7. The molecule has 0 aliphatic carbocycles. The predicted molar refractivity (Wildman–Crippen MR) is 105 cm³/mol. The average Bonchev–Trinajstić information content (AvgIpc) is 2.71. The molecule has 1 atom stereocenters. The lowest BCUT2D eigenvalue weighted by atomic mass is 9.99. The Balaban J connectivity index is 2.13. The normalized spacial score (nSPS) is 12.9. The Morgan fingerprint density at radius 3 is 1.93 bits per heavy atom. The minimum Gasteiger partial charge on any atom is -0.462 e.